The number of unbranched alkanes of at least 4 members (excludes halogenated alkanes) is 2. The van der Waals surface area contributed by atoms with Crippen LogP contribution in [0.25, 0.3) is 6.08 Å². The lowest BCUT2D eigenvalue weighted by Crippen LogP contribution is -1.76. The molecule has 66 valence electrons. The maximum atomic E-state index is 8.30. The Labute approximate surface area is 78.5 Å². The van der Waals surface area contributed by atoms with E-state index in [0.29, 0.717) is 6.42 Å². The van der Waals surface area contributed by atoms with Gasteiger partial charge in [0.2, 0.25) is 0 Å². The second-order valence-electron chi connectivity index (χ2n) is 2.71. The molecule has 0 atom stereocenters. The molecule has 0 aliphatic heterocycles. The molecule has 1 aromatic heterocycles. The Balaban J connectivity index is 2.29. The van der Waals surface area contributed by atoms with Crippen molar-refractivity contribution in [2.45, 2.75) is 19.3 Å². The molecule has 0 N–H and O–H groups in total. The highest BCUT2D eigenvalue weighted by atomic mass is 14.6. The number of nitriles is 1. The topological polar surface area (TPSA) is 36.7 Å². The summed E-state index contributed by atoms with van der Waals surface area (Å²) in [5, 5.41) is 8.30. The van der Waals surface area contributed by atoms with Crippen molar-refractivity contribution in [2.24, 2.45) is 0 Å². The van der Waals surface area contributed by atoms with Crippen molar-refractivity contribution in [1.82, 2.24) is 4.98 Å². The first-order chi connectivity index (χ1) is 6.43. The van der Waals surface area contributed by atoms with Crippen molar-refractivity contribution in [1.29, 1.82) is 5.26 Å². The van der Waals surface area contributed by atoms with Crippen LogP contribution < -0.4 is 0 Å². The third-order valence-electron chi connectivity index (χ3n) is 1.64. The van der Waals surface area contributed by atoms with Crippen molar-refractivity contribution < 1.29 is 0 Å². The van der Waals surface area contributed by atoms with Crippen LogP contribution in [0.4, 0.5) is 0 Å². The van der Waals surface area contributed by atoms with E-state index in [2.05, 4.69) is 17.1 Å². The Morgan fingerprint density at radius 2 is 2.38 bits per heavy atom. The van der Waals surface area contributed by atoms with Gasteiger partial charge in [0.1, 0.15) is 0 Å². The molecular formula is C11H12N2. The molecule has 0 fully saturated rings. The third kappa shape index (κ3) is 4.07. The van der Waals surface area contributed by atoms with Gasteiger partial charge >= 0.3 is 0 Å². The largest absolute Gasteiger partial charge is 0.257 e. The Kier molecular flexibility index (Phi) is 4.34. The molecule has 1 rings (SSSR count). The van der Waals surface area contributed by atoms with E-state index in [1.807, 2.05) is 24.3 Å². The molecule has 2 nitrogen and oxygen atoms in total. The summed E-state index contributed by atoms with van der Waals surface area (Å²) >= 11 is 0. The number of hydrogen-bond donors (Lipinski definition) is 0. The fourth-order valence-electron chi connectivity index (χ4n) is 0.978. The van der Waals surface area contributed by atoms with E-state index in [-0.39, 0.29) is 0 Å². The summed E-state index contributed by atoms with van der Waals surface area (Å²) < 4.78 is 0. The summed E-state index contributed by atoms with van der Waals surface area (Å²) in [6.45, 7) is 0. The van der Waals surface area contributed by atoms with Crippen LogP contribution in [0.15, 0.2) is 30.5 Å². The van der Waals surface area contributed by atoms with Crippen molar-refractivity contribution in [2.75, 3.05) is 0 Å². The van der Waals surface area contributed by atoms with E-state index in [1.165, 1.54) is 0 Å². The second-order valence-corrected chi connectivity index (χ2v) is 2.71. The molecule has 2 heteroatoms. The SMILES string of the molecule is N#CCCC/C=C/c1ccccn1. The number of aromatic nitrogens is 1. The normalized spacial score (nSPS) is 10.1. The fourth-order valence-corrected chi connectivity index (χ4v) is 0.978. The van der Waals surface area contributed by atoms with Crippen molar-refractivity contribution in [3.05, 3.63) is 36.2 Å². The molecule has 0 amide bonds. The van der Waals surface area contributed by atoms with Crippen LogP contribution >= 0.6 is 0 Å². The zero-order chi connectivity index (χ0) is 9.36. The Morgan fingerprint density at radius 3 is 3.08 bits per heavy atom. The Bertz CT molecular complexity index is 296. The highest BCUT2D eigenvalue weighted by Crippen LogP contribution is 2.00. The minimum atomic E-state index is 0.632. The van der Waals surface area contributed by atoms with E-state index in [9.17, 15) is 0 Å². The van der Waals surface area contributed by atoms with Gasteiger partial charge in [0.05, 0.1) is 11.8 Å². The van der Waals surface area contributed by atoms with Gasteiger partial charge in [0.25, 0.3) is 0 Å². The van der Waals surface area contributed by atoms with E-state index in [1.54, 1.807) is 6.20 Å². The summed E-state index contributed by atoms with van der Waals surface area (Å²) in [6.07, 6.45) is 8.32. The van der Waals surface area contributed by atoms with E-state index >= 15 is 0 Å². The molecule has 0 spiro atoms. The molecular weight excluding hydrogens is 160 g/mol. The Morgan fingerprint density at radius 1 is 1.46 bits per heavy atom. The van der Waals surface area contributed by atoms with Gasteiger partial charge in [-0.15, -0.1) is 0 Å². The summed E-state index contributed by atoms with van der Waals surface area (Å²) in [7, 11) is 0. The van der Waals surface area contributed by atoms with Gasteiger partial charge in [-0.2, -0.15) is 5.26 Å². The van der Waals surface area contributed by atoms with Crippen LogP contribution in [0.1, 0.15) is 25.0 Å². The molecule has 1 aromatic rings. The van der Waals surface area contributed by atoms with Crippen LogP contribution in [-0.2, 0) is 0 Å². The highest BCUT2D eigenvalue weighted by molar-refractivity contribution is 5.43. The van der Waals surface area contributed by atoms with Gasteiger partial charge in [-0.05, 0) is 31.1 Å². The summed E-state index contributed by atoms with van der Waals surface area (Å²) in [5.74, 6) is 0. The fraction of sp³-hybridized carbons (Fsp3) is 0.273. The molecule has 0 saturated carbocycles. The van der Waals surface area contributed by atoms with Crippen molar-refractivity contribution in [3.8, 4) is 6.07 Å². The maximum absolute atomic E-state index is 8.30. The van der Waals surface area contributed by atoms with Crippen LogP contribution in [0.5, 0.6) is 0 Å². The lowest BCUT2D eigenvalue weighted by Gasteiger charge is -1.90. The molecule has 0 unspecified atom stereocenters. The zero-order valence-corrected chi connectivity index (χ0v) is 7.48. The first kappa shape index (κ1) is 9.47. The standard InChI is InChI=1S/C11H12N2/c12-9-5-2-1-3-7-11-8-4-6-10-13-11/h3-4,6-8,10H,1-2,5H2/b7-3+. The number of allylic oxidation sites excluding steroid dienone is 1. The summed E-state index contributed by atoms with van der Waals surface area (Å²) in [4.78, 5) is 4.14. The van der Waals surface area contributed by atoms with Gasteiger partial charge in [-0.25, -0.2) is 0 Å². The molecule has 13 heavy (non-hydrogen) atoms. The first-order valence-corrected chi connectivity index (χ1v) is 4.38. The monoisotopic (exact) mass is 172 g/mol. The smallest absolute Gasteiger partial charge is 0.0626 e. The predicted octanol–water partition coefficient (Wildman–Crippen LogP) is 2.79. The molecule has 0 bridgehead atoms. The zero-order valence-electron chi connectivity index (χ0n) is 7.48. The number of nitrogens with zero attached hydrogens (tertiary/aromatic N) is 2. The predicted molar refractivity (Wildman–Crippen MR) is 52.7 cm³/mol. The van der Waals surface area contributed by atoms with Crippen LogP contribution in [0, 0.1) is 11.3 Å². The highest BCUT2D eigenvalue weighted by Gasteiger charge is 1.84. The number of hydrogen-bond acceptors (Lipinski definition) is 2. The molecule has 0 aromatic carbocycles. The minimum absolute atomic E-state index is 0.632. The molecule has 0 saturated heterocycles. The summed E-state index contributed by atoms with van der Waals surface area (Å²) in [6, 6.07) is 7.93. The number of pyridine rings is 1. The second kappa shape index (κ2) is 5.96. The first-order valence-electron chi connectivity index (χ1n) is 4.38. The van der Waals surface area contributed by atoms with E-state index < -0.39 is 0 Å². The quantitative estimate of drug-likeness (QED) is 0.655. The van der Waals surface area contributed by atoms with Crippen LogP contribution in [-0.4, -0.2) is 4.98 Å². The van der Waals surface area contributed by atoms with Crippen molar-refractivity contribution in [3.63, 3.8) is 0 Å². The minimum Gasteiger partial charge on any atom is -0.257 e. The number of rotatable bonds is 4. The molecule has 0 aliphatic carbocycles. The third-order valence-corrected chi connectivity index (χ3v) is 1.64. The van der Waals surface area contributed by atoms with Gasteiger partial charge in [-0.1, -0.05) is 12.1 Å². The van der Waals surface area contributed by atoms with Crippen LogP contribution in [0.2, 0.25) is 0 Å². The summed E-state index contributed by atoms with van der Waals surface area (Å²) in [5.41, 5.74) is 0.972. The van der Waals surface area contributed by atoms with Crippen molar-refractivity contribution >= 4 is 6.08 Å². The van der Waals surface area contributed by atoms with Gasteiger partial charge in [0.15, 0.2) is 0 Å². The lowest BCUT2D eigenvalue weighted by atomic mass is 10.2. The maximum Gasteiger partial charge on any atom is 0.0626 e. The Hall–Kier alpha value is -1.62. The van der Waals surface area contributed by atoms with E-state index in [4.69, 9.17) is 5.26 Å². The lowest BCUT2D eigenvalue weighted by molar-refractivity contribution is 0.879. The van der Waals surface area contributed by atoms with Gasteiger partial charge in [0, 0.05) is 12.6 Å². The molecule has 1 heterocycles. The van der Waals surface area contributed by atoms with E-state index in [0.717, 1.165) is 18.5 Å². The average Bonchev–Trinajstić information content (AvgIpc) is 2.19. The average molecular weight is 172 g/mol. The van der Waals surface area contributed by atoms with Gasteiger partial charge < -0.3 is 0 Å². The van der Waals surface area contributed by atoms with Gasteiger partial charge in [-0.3, -0.25) is 4.98 Å². The molecule has 0 aliphatic rings. The van der Waals surface area contributed by atoms with Crippen LogP contribution in [0.3, 0.4) is 0 Å². The molecule has 0 radical (unpaired) electrons.